The molecular weight excluding hydrogens is 277 g/mol. The van der Waals surface area contributed by atoms with Gasteiger partial charge in [-0.15, -0.1) is 0 Å². The summed E-state index contributed by atoms with van der Waals surface area (Å²) in [7, 11) is 2.90. The number of hydrogen-bond acceptors (Lipinski definition) is 4. The molecule has 20 heavy (non-hydrogen) atoms. The smallest absolute Gasteiger partial charge is 0.391 e. The van der Waals surface area contributed by atoms with Crippen LogP contribution in [0, 0.1) is 0 Å². The van der Waals surface area contributed by atoms with Crippen LogP contribution in [0.15, 0.2) is 18.2 Å². The minimum Gasteiger partial charge on any atom is -0.497 e. The Morgan fingerprint density at radius 3 is 2.45 bits per heavy atom. The number of methoxy groups -OCH3 is 2. The monoisotopic (exact) mass is 294 g/mol. The molecule has 0 bridgehead atoms. The highest BCUT2D eigenvalue weighted by molar-refractivity contribution is 5.41. The minimum absolute atomic E-state index is 0.250. The fourth-order valence-electron chi connectivity index (χ4n) is 1.57. The van der Waals surface area contributed by atoms with Gasteiger partial charge in [-0.1, -0.05) is 0 Å². The van der Waals surface area contributed by atoms with Crippen molar-refractivity contribution in [1.82, 2.24) is 0 Å². The van der Waals surface area contributed by atoms with E-state index in [2.05, 4.69) is 0 Å². The van der Waals surface area contributed by atoms with Crippen LogP contribution in [0.3, 0.4) is 0 Å². The van der Waals surface area contributed by atoms with Crippen LogP contribution in [0.2, 0.25) is 0 Å². The summed E-state index contributed by atoms with van der Waals surface area (Å²) in [5.74, 6) is 0.924. The van der Waals surface area contributed by atoms with Crippen LogP contribution in [0.25, 0.3) is 0 Å². The van der Waals surface area contributed by atoms with Gasteiger partial charge in [0.1, 0.15) is 17.6 Å². The Morgan fingerprint density at radius 1 is 1.20 bits per heavy atom. The molecule has 0 spiro atoms. The van der Waals surface area contributed by atoms with Gasteiger partial charge in [-0.05, 0) is 18.2 Å². The average Bonchev–Trinajstić information content (AvgIpc) is 2.41. The lowest BCUT2D eigenvalue weighted by molar-refractivity contribution is -0.147. The van der Waals surface area contributed by atoms with Gasteiger partial charge in [-0.25, -0.2) is 0 Å². The van der Waals surface area contributed by atoms with Crippen molar-refractivity contribution in [3.8, 4) is 11.5 Å². The van der Waals surface area contributed by atoms with Gasteiger partial charge in [-0.3, -0.25) is 0 Å². The van der Waals surface area contributed by atoms with Crippen LogP contribution in [0.1, 0.15) is 18.1 Å². The molecule has 0 radical (unpaired) electrons. The molecule has 7 heteroatoms. The minimum atomic E-state index is -4.27. The molecule has 0 aliphatic heterocycles. The van der Waals surface area contributed by atoms with Gasteiger partial charge in [0, 0.05) is 5.56 Å². The Morgan fingerprint density at radius 2 is 1.90 bits per heavy atom. The summed E-state index contributed by atoms with van der Waals surface area (Å²) in [6, 6.07) is 4.81. The van der Waals surface area contributed by atoms with Gasteiger partial charge in [0.25, 0.3) is 0 Å². The molecule has 0 aliphatic rings. The number of hydrogen-bond donors (Lipinski definition) is 1. The highest BCUT2D eigenvalue weighted by atomic mass is 19.4. The van der Waals surface area contributed by atoms with Gasteiger partial charge in [-0.2, -0.15) is 13.2 Å². The normalized spacial score (nSPS) is 13.1. The third kappa shape index (κ3) is 5.26. The molecule has 0 fully saturated rings. The Labute approximate surface area is 115 Å². The largest absolute Gasteiger partial charge is 0.497 e. The van der Waals surface area contributed by atoms with E-state index >= 15 is 0 Å². The summed E-state index contributed by atoms with van der Waals surface area (Å²) in [6.45, 7) is -0.744. The van der Waals surface area contributed by atoms with Gasteiger partial charge in [0.05, 0.1) is 33.9 Å². The molecule has 114 valence electrons. The van der Waals surface area contributed by atoms with Crippen LogP contribution in [-0.2, 0) is 4.74 Å². The summed E-state index contributed by atoms with van der Waals surface area (Å²) >= 11 is 0. The zero-order valence-corrected chi connectivity index (χ0v) is 11.2. The van der Waals surface area contributed by atoms with Crippen molar-refractivity contribution in [1.29, 1.82) is 0 Å². The first-order valence-electron chi connectivity index (χ1n) is 5.92. The fourth-order valence-corrected chi connectivity index (χ4v) is 1.57. The molecule has 1 aromatic rings. The summed E-state index contributed by atoms with van der Waals surface area (Å²) in [6.07, 6.45) is -6.40. The van der Waals surface area contributed by atoms with Crippen molar-refractivity contribution in [3.63, 3.8) is 0 Å². The van der Waals surface area contributed by atoms with Crippen molar-refractivity contribution in [3.05, 3.63) is 23.8 Å². The third-order valence-corrected chi connectivity index (χ3v) is 2.60. The van der Waals surface area contributed by atoms with Gasteiger partial charge in [0.2, 0.25) is 0 Å². The molecule has 1 rings (SSSR count). The van der Waals surface area contributed by atoms with Crippen LogP contribution >= 0.6 is 0 Å². The number of aliphatic hydroxyl groups excluding tert-OH is 1. The predicted octanol–water partition coefficient (Wildman–Crippen LogP) is 2.71. The SMILES string of the molecule is COc1ccc(OC)c(C(O)COCCC(F)(F)F)c1. The molecule has 0 aliphatic carbocycles. The third-order valence-electron chi connectivity index (χ3n) is 2.60. The zero-order chi connectivity index (χ0) is 15.2. The molecule has 1 aromatic carbocycles. The first-order chi connectivity index (χ1) is 9.37. The van der Waals surface area contributed by atoms with E-state index in [9.17, 15) is 18.3 Å². The maximum absolute atomic E-state index is 11.9. The van der Waals surface area contributed by atoms with Gasteiger partial charge in [0.15, 0.2) is 0 Å². The number of benzene rings is 1. The average molecular weight is 294 g/mol. The van der Waals surface area contributed by atoms with E-state index in [0.717, 1.165) is 0 Å². The van der Waals surface area contributed by atoms with Crippen molar-refractivity contribution in [2.45, 2.75) is 18.7 Å². The van der Waals surface area contributed by atoms with Crippen molar-refractivity contribution in [2.75, 3.05) is 27.4 Å². The van der Waals surface area contributed by atoms with E-state index < -0.39 is 25.3 Å². The second kappa shape index (κ2) is 7.35. The Kier molecular flexibility index (Phi) is 6.09. The summed E-state index contributed by atoms with van der Waals surface area (Å²) in [5.41, 5.74) is 0.402. The first kappa shape index (κ1) is 16.6. The molecule has 1 N–H and O–H groups in total. The van der Waals surface area contributed by atoms with E-state index in [4.69, 9.17) is 14.2 Å². The van der Waals surface area contributed by atoms with Crippen LogP contribution in [-0.4, -0.2) is 38.7 Å². The Bertz CT molecular complexity index is 421. The van der Waals surface area contributed by atoms with Crippen molar-refractivity contribution in [2.24, 2.45) is 0 Å². The van der Waals surface area contributed by atoms with Crippen LogP contribution < -0.4 is 9.47 Å². The molecule has 0 aromatic heterocycles. The first-order valence-corrected chi connectivity index (χ1v) is 5.92. The number of aliphatic hydroxyl groups is 1. The Balaban J connectivity index is 2.60. The van der Waals surface area contributed by atoms with Gasteiger partial charge < -0.3 is 19.3 Å². The zero-order valence-electron chi connectivity index (χ0n) is 11.2. The lowest BCUT2D eigenvalue weighted by atomic mass is 10.1. The lowest BCUT2D eigenvalue weighted by Crippen LogP contribution is -2.15. The quantitative estimate of drug-likeness (QED) is 0.786. The number of rotatable bonds is 7. The number of ether oxygens (including phenoxy) is 3. The molecule has 0 amide bonds. The topological polar surface area (TPSA) is 47.9 Å². The molecule has 4 nitrogen and oxygen atoms in total. The predicted molar refractivity (Wildman–Crippen MR) is 66.0 cm³/mol. The van der Waals surface area contributed by atoms with E-state index in [-0.39, 0.29) is 6.61 Å². The second-order valence-corrected chi connectivity index (χ2v) is 4.06. The lowest BCUT2D eigenvalue weighted by Gasteiger charge is -2.16. The van der Waals surface area contributed by atoms with E-state index in [1.54, 1.807) is 18.2 Å². The summed E-state index contributed by atoms with van der Waals surface area (Å²) < 4.78 is 50.8. The Hall–Kier alpha value is -1.47. The molecule has 1 atom stereocenters. The molecule has 0 saturated carbocycles. The van der Waals surface area contributed by atoms with E-state index in [1.165, 1.54) is 14.2 Å². The van der Waals surface area contributed by atoms with Crippen molar-refractivity contribution >= 4 is 0 Å². The number of alkyl halides is 3. The molecule has 0 heterocycles. The highest BCUT2D eigenvalue weighted by Gasteiger charge is 2.26. The maximum Gasteiger partial charge on any atom is 0.391 e. The second-order valence-electron chi connectivity index (χ2n) is 4.06. The van der Waals surface area contributed by atoms with E-state index in [0.29, 0.717) is 17.1 Å². The van der Waals surface area contributed by atoms with Crippen LogP contribution in [0.5, 0.6) is 11.5 Å². The summed E-state index contributed by atoms with van der Waals surface area (Å²) in [4.78, 5) is 0. The van der Waals surface area contributed by atoms with Gasteiger partial charge >= 0.3 is 6.18 Å². The van der Waals surface area contributed by atoms with Crippen LogP contribution in [0.4, 0.5) is 13.2 Å². The fraction of sp³-hybridized carbons (Fsp3) is 0.538. The van der Waals surface area contributed by atoms with Crippen molar-refractivity contribution < 1.29 is 32.5 Å². The summed E-state index contributed by atoms with van der Waals surface area (Å²) in [5, 5.41) is 9.94. The molecule has 1 unspecified atom stereocenters. The van der Waals surface area contributed by atoms with E-state index in [1.807, 2.05) is 0 Å². The molecular formula is C13H17F3O4. The number of halogens is 3. The highest BCUT2D eigenvalue weighted by Crippen LogP contribution is 2.29. The standard InChI is InChI=1S/C13H17F3O4/c1-18-9-3-4-12(19-2)10(7-9)11(17)8-20-6-5-13(14,15)16/h3-4,7,11,17H,5-6,8H2,1-2H3. The maximum atomic E-state index is 11.9. The molecule has 0 saturated heterocycles.